The van der Waals surface area contributed by atoms with E-state index in [1.165, 1.54) is 43.6 Å². The number of allylic oxidation sites excluding steroid dienone is 1. The molecule has 2 bridgehead atoms. The van der Waals surface area contributed by atoms with Gasteiger partial charge in [0.15, 0.2) is 0 Å². The van der Waals surface area contributed by atoms with E-state index in [0.717, 1.165) is 31.6 Å². The predicted molar refractivity (Wildman–Crippen MR) is 90.7 cm³/mol. The molecule has 2 atom stereocenters. The second-order valence-electron chi connectivity index (χ2n) is 7.23. The summed E-state index contributed by atoms with van der Waals surface area (Å²) in [5.41, 5.74) is 2.79. The van der Waals surface area contributed by atoms with E-state index >= 15 is 0 Å². The Bertz CT molecular complexity index is 515. The highest BCUT2D eigenvalue weighted by molar-refractivity contribution is 5.05. The van der Waals surface area contributed by atoms with Gasteiger partial charge < -0.3 is 0 Å². The molecular formula is C18H30N4. The molecule has 4 heterocycles. The number of aryl methyl sites for hydroxylation is 1. The Kier molecular flexibility index (Phi) is 4.99. The van der Waals surface area contributed by atoms with Crippen molar-refractivity contribution in [2.45, 2.75) is 52.7 Å². The fraction of sp³-hybridized carbons (Fsp3) is 0.722. The zero-order valence-corrected chi connectivity index (χ0v) is 14.3. The molecule has 3 aliphatic rings. The molecule has 0 aromatic carbocycles. The molecule has 22 heavy (non-hydrogen) atoms. The fourth-order valence-corrected chi connectivity index (χ4v) is 3.85. The second kappa shape index (κ2) is 6.97. The smallest absolute Gasteiger partial charge is 0.0534 e. The van der Waals surface area contributed by atoms with Crippen molar-refractivity contribution in [1.29, 1.82) is 0 Å². The van der Waals surface area contributed by atoms with Gasteiger partial charge >= 0.3 is 0 Å². The highest BCUT2D eigenvalue weighted by atomic mass is 15.3. The minimum atomic E-state index is 0.732. The van der Waals surface area contributed by atoms with E-state index in [9.17, 15) is 0 Å². The Hall–Kier alpha value is -1.13. The van der Waals surface area contributed by atoms with E-state index in [2.05, 4.69) is 47.9 Å². The number of hydrogen-bond acceptors (Lipinski definition) is 3. The molecule has 0 N–H and O–H groups in total. The Morgan fingerprint density at radius 2 is 2.14 bits per heavy atom. The van der Waals surface area contributed by atoms with Crippen molar-refractivity contribution in [3.05, 3.63) is 29.6 Å². The van der Waals surface area contributed by atoms with Crippen molar-refractivity contribution >= 4 is 0 Å². The molecule has 122 valence electrons. The molecule has 0 spiro atoms. The summed E-state index contributed by atoms with van der Waals surface area (Å²) in [6, 6.07) is 0.732. The lowest BCUT2D eigenvalue weighted by atomic mass is 9.95. The lowest BCUT2D eigenvalue weighted by molar-refractivity contribution is 0.146. The lowest BCUT2D eigenvalue weighted by Gasteiger charge is -2.35. The quantitative estimate of drug-likeness (QED) is 0.782. The standard InChI is InChI=1S/C18H30N4/c1-4-22-13-17(9-19-22)11-20-10-16-5-6-18(14-20)21(12-16)8-7-15(2)3/h7,9,13,16,18H,4-6,8,10-12,14H2,1-3H3/t16-,18+/m0/s1. The highest BCUT2D eigenvalue weighted by Crippen LogP contribution is 2.28. The average Bonchev–Trinajstić information content (AvgIpc) is 2.77. The largest absolute Gasteiger partial charge is 0.297 e. The summed E-state index contributed by atoms with van der Waals surface area (Å²) in [4.78, 5) is 5.36. The van der Waals surface area contributed by atoms with Gasteiger partial charge in [-0.15, -0.1) is 0 Å². The first-order valence-electron chi connectivity index (χ1n) is 8.75. The number of fused-ring (bicyclic) bond motifs is 4. The minimum absolute atomic E-state index is 0.732. The van der Waals surface area contributed by atoms with Crippen LogP contribution in [0.5, 0.6) is 0 Å². The fourth-order valence-electron chi connectivity index (χ4n) is 3.85. The van der Waals surface area contributed by atoms with Crippen LogP contribution in [0.25, 0.3) is 0 Å². The molecule has 0 unspecified atom stereocenters. The number of rotatable bonds is 5. The summed E-state index contributed by atoms with van der Waals surface area (Å²) in [6.07, 6.45) is 9.40. The zero-order valence-electron chi connectivity index (χ0n) is 14.3. The van der Waals surface area contributed by atoms with E-state index in [1.807, 2.05) is 10.9 Å². The summed E-state index contributed by atoms with van der Waals surface area (Å²) < 4.78 is 2.03. The maximum atomic E-state index is 4.41. The van der Waals surface area contributed by atoms with Crippen LogP contribution < -0.4 is 0 Å². The summed E-state index contributed by atoms with van der Waals surface area (Å²) in [5.74, 6) is 0.838. The van der Waals surface area contributed by atoms with Crippen molar-refractivity contribution in [3.63, 3.8) is 0 Å². The Balaban J connectivity index is 1.63. The van der Waals surface area contributed by atoms with Crippen molar-refractivity contribution in [2.24, 2.45) is 5.92 Å². The number of nitrogens with zero attached hydrogens (tertiary/aromatic N) is 4. The first kappa shape index (κ1) is 15.8. The van der Waals surface area contributed by atoms with Crippen molar-refractivity contribution < 1.29 is 0 Å². The van der Waals surface area contributed by atoms with Crippen LogP contribution in [0.2, 0.25) is 0 Å². The van der Waals surface area contributed by atoms with Crippen LogP contribution in [-0.4, -0.2) is 51.8 Å². The Morgan fingerprint density at radius 3 is 2.86 bits per heavy atom. The molecule has 3 saturated heterocycles. The van der Waals surface area contributed by atoms with E-state index in [1.54, 1.807) is 0 Å². The van der Waals surface area contributed by atoms with E-state index in [-0.39, 0.29) is 0 Å². The Morgan fingerprint density at radius 1 is 1.27 bits per heavy atom. The third kappa shape index (κ3) is 3.79. The molecule has 3 aliphatic heterocycles. The normalized spacial score (nSPS) is 26.1. The molecule has 0 saturated carbocycles. The molecule has 4 nitrogen and oxygen atoms in total. The van der Waals surface area contributed by atoms with Gasteiger partial charge in [0, 0.05) is 57.1 Å². The van der Waals surface area contributed by atoms with Gasteiger partial charge in [0.25, 0.3) is 0 Å². The second-order valence-corrected chi connectivity index (χ2v) is 7.23. The van der Waals surface area contributed by atoms with Gasteiger partial charge in [-0.25, -0.2) is 0 Å². The first-order valence-corrected chi connectivity index (χ1v) is 8.75. The van der Waals surface area contributed by atoms with Crippen LogP contribution in [0.15, 0.2) is 24.0 Å². The van der Waals surface area contributed by atoms with Gasteiger partial charge in [0.1, 0.15) is 0 Å². The molecule has 1 aromatic rings. The van der Waals surface area contributed by atoms with Crippen LogP contribution in [0.1, 0.15) is 39.2 Å². The Labute approximate surface area is 134 Å². The van der Waals surface area contributed by atoms with Crippen molar-refractivity contribution in [1.82, 2.24) is 19.6 Å². The zero-order chi connectivity index (χ0) is 15.5. The number of hydrogen-bond donors (Lipinski definition) is 0. The third-order valence-corrected chi connectivity index (χ3v) is 5.05. The molecule has 3 fully saturated rings. The maximum absolute atomic E-state index is 4.41. The summed E-state index contributed by atoms with van der Waals surface area (Å²) in [5, 5.41) is 4.41. The van der Waals surface area contributed by atoms with E-state index < -0.39 is 0 Å². The number of aromatic nitrogens is 2. The van der Waals surface area contributed by atoms with Crippen LogP contribution >= 0.6 is 0 Å². The number of piperidine rings is 1. The van der Waals surface area contributed by atoms with Crippen molar-refractivity contribution in [2.75, 3.05) is 26.2 Å². The summed E-state index contributed by atoms with van der Waals surface area (Å²) >= 11 is 0. The van der Waals surface area contributed by atoms with Crippen molar-refractivity contribution in [3.8, 4) is 0 Å². The molecular weight excluding hydrogens is 272 g/mol. The van der Waals surface area contributed by atoms with Gasteiger partial charge in [-0.3, -0.25) is 14.5 Å². The lowest BCUT2D eigenvalue weighted by Crippen LogP contribution is -2.43. The first-order chi connectivity index (χ1) is 10.6. The minimum Gasteiger partial charge on any atom is -0.297 e. The molecule has 0 aliphatic carbocycles. The van der Waals surface area contributed by atoms with Gasteiger partial charge in [-0.1, -0.05) is 11.6 Å². The van der Waals surface area contributed by atoms with Gasteiger partial charge in [-0.2, -0.15) is 5.10 Å². The van der Waals surface area contributed by atoms with Gasteiger partial charge in [0.2, 0.25) is 0 Å². The average molecular weight is 302 g/mol. The topological polar surface area (TPSA) is 24.3 Å². The van der Waals surface area contributed by atoms with Gasteiger partial charge in [-0.05, 0) is 39.5 Å². The van der Waals surface area contributed by atoms with Crippen LogP contribution in [0.3, 0.4) is 0 Å². The monoisotopic (exact) mass is 302 g/mol. The van der Waals surface area contributed by atoms with Crippen LogP contribution in [-0.2, 0) is 13.1 Å². The van der Waals surface area contributed by atoms with E-state index in [0.29, 0.717) is 0 Å². The maximum Gasteiger partial charge on any atom is 0.0534 e. The summed E-state index contributed by atoms with van der Waals surface area (Å²) in [6.45, 7) is 13.4. The molecule has 0 radical (unpaired) electrons. The highest BCUT2D eigenvalue weighted by Gasteiger charge is 2.34. The van der Waals surface area contributed by atoms with Crippen LogP contribution in [0, 0.1) is 5.92 Å². The summed E-state index contributed by atoms with van der Waals surface area (Å²) in [7, 11) is 0. The molecule has 4 heteroatoms. The molecule has 0 amide bonds. The van der Waals surface area contributed by atoms with Gasteiger partial charge in [0.05, 0.1) is 6.20 Å². The SMILES string of the molecule is CCn1cc(CN2C[C@@H]3CC[C@H](C2)N(CC=C(C)C)C3)cn1. The molecule has 4 rings (SSSR count). The third-order valence-electron chi connectivity index (χ3n) is 5.05. The molecule has 1 aromatic heterocycles. The van der Waals surface area contributed by atoms with Crippen LogP contribution in [0.4, 0.5) is 0 Å². The predicted octanol–water partition coefficient (Wildman–Crippen LogP) is 2.77. The van der Waals surface area contributed by atoms with E-state index in [4.69, 9.17) is 0 Å².